The summed E-state index contributed by atoms with van der Waals surface area (Å²) in [6.07, 6.45) is 0.507. The lowest BCUT2D eigenvalue weighted by atomic mass is 10.1. The molecule has 0 spiro atoms. The lowest BCUT2D eigenvalue weighted by Crippen LogP contribution is -2.17. The van der Waals surface area contributed by atoms with E-state index in [1.54, 1.807) is 0 Å². The summed E-state index contributed by atoms with van der Waals surface area (Å²) in [6, 6.07) is 11.6. The SMILES string of the molecule is Cc1cc(C)c(NC(=O)CCNc2ccc(OC(C)C)cc2)c(Cl)c1. The molecule has 0 radical (unpaired) electrons. The van der Waals surface area contributed by atoms with Gasteiger partial charge in [0.05, 0.1) is 16.8 Å². The number of hydrogen-bond acceptors (Lipinski definition) is 3. The highest BCUT2D eigenvalue weighted by Crippen LogP contribution is 2.27. The Morgan fingerprint density at radius 1 is 1.16 bits per heavy atom. The maximum absolute atomic E-state index is 12.1. The molecule has 1 amide bonds. The van der Waals surface area contributed by atoms with Gasteiger partial charge in [-0.25, -0.2) is 0 Å². The van der Waals surface area contributed by atoms with Crippen LogP contribution in [0.4, 0.5) is 11.4 Å². The molecule has 0 saturated carbocycles. The second kappa shape index (κ2) is 8.77. The second-order valence-corrected chi connectivity index (χ2v) is 6.76. The topological polar surface area (TPSA) is 50.4 Å². The first-order chi connectivity index (χ1) is 11.8. The second-order valence-electron chi connectivity index (χ2n) is 6.35. The Kier molecular flexibility index (Phi) is 6.71. The van der Waals surface area contributed by atoms with E-state index in [9.17, 15) is 4.79 Å². The molecule has 2 aromatic carbocycles. The standard InChI is InChI=1S/C20H25ClN2O2/c1-13(2)25-17-7-5-16(6-8-17)22-10-9-19(24)23-20-15(4)11-14(3)12-18(20)21/h5-8,11-13,22H,9-10H2,1-4H3,(H,23,24). The van der Waals surface area contributed by atoms with Crippen molar-refractivity contribution in [2.45, 2.75) is 40.2 Å². The predicted molar refractivity (Wildman–Crippen MR) is 105 cm³/mol. The largest absolute Gasteiger partial charge is 0.491 e. The first-order valence-electron chi connectivity index (χ1n) is 8.42. The highest BCUT2D eigenvalue weighted by atomic mass is 35.5. The van der Waals surface area contributed by atoms with Gasteiger partial charge >= 0.3 is 0 Å². The number of aryl methyl sites for hydroxylation is 2. The monoisotopic (exact) mass is 360 g/mol. The molecule has 2 rings (SSSR count). The molecule has 2 N–H and O–H groups in total. The van der Waals surface area contributed by atoms with Crippen LogP contribution in [0.3, 0.4) is 0 Å². The van der Waals surface area contributed by atoms with Crippen LogP contribution in [0.2, 0.25) is 5.02 Å². The molecule has 0 aliphatic carbocycles. The molecule has 5 heteroatoms. The minimum Gasteiger partial charge on any atom is -0.491 e. The minimum atomic E-state index is -0.0684. The van der Waals surface area contributed by atoms with Crippen molar-refractivity contribution in [3.05, 3.63) is 52.5 Å². The van der Waals surface area contributed by atoms with Crippen molar-refractivity contribution in [1.29, 1.82) is 0 Å². The minimum absolute atomic E-state index is 0.0684. The molecule has 0 saturated heterocycles. The van der Waals surface area contributed by atoms with Gasteiger partial charge in [0.2, 0.25) is 5.91 Å². The quantitative estimate of drug-likeness (QED) is 0.714. The number of amides is 1. The zero-order valence-corrected chi connectivity index (χ0v) is 15.9. The normalized spacial score (nSPS) is 10.6. The number of halogens is 1. The summed E-state index contributed by atoms with van der Waals surface area (Å²) in [5.41, 5.74) is 3.68. The number of anilines is 2. The Bertz CT molecular complexity index is 704. The number of nitrogens with one attached hydrogen (secondary N) is 2. The van der Waals surface area contributed by atoms with Crippen LogP contribution in [0.25, 0.3) is 0 Å². The van der Waals surface area contributed by atoms with Gasteiger partial charge < -0.3 is 15.4 Å². The lowest BCUT2D eigenvalue weighted by Gasteiger charge is -2.13. The molecule has 0 fully saturated rings. The summed E-state index contributed by atoms with van der Waals surface area (Å²) in [6.45, 7) is 8.44. The van der Waals surface area contributed by atoms with Crippen molar-refractivity contribution in [2.75, 3.05) is 17.2 Å². The van der Waals surface area contributed by atoms with Crippen LogP contribution < -0.4 is 15.4 Å². The Morgan fingerprint density at radius 2 is 1.84 bits per heavy atom. The third kappa shape index (κ3) is 5.98. The number of rotatable bonds is 7. The fraction of sp³-hybridized carbons (Fsp3) is 0.350. The maximum Gasteiger partial charge on any atom is 0.226 e. The fourth-order valence-electron chi connectivity index (χ4n) is 2.52. The van der Waals surface area contributed by atoms with Gasteiger partial charge in [0.1, 0.15) is 5.75 Å². The molecule has 0 heterocycles. The number of benzene rings is 2. The van der Waals surface area contributed by atoms with Crippen LogP contribution in [-0.2, 0) is 4.79 Å². The Balaban J connectivity index is 1.83. The van der Waals surface area contributed by atoms with E-state index in [1.165, 1.54) is 0 Å². The van der Waals surface area contributed by atoms with E-state index < -0.39 is 0 Å². The summed E-state index contributed by atoms with van der Waals surface area (Å²) in [5.74, 6) is 0.767. The predicted octanol–water partition coefficient (Wildman–Crippen LogP) is 5.18. The van der Waals surface area contributed by atoms with Crippen molar-refractivity contribution in [1.82, 2.24) is 0 Å². The van der Waals surface area contributed by atoms with E-state index in [1.807, 2.05) is 64.1 Å². The van der Waals surface area contributed by atoms with Gasteiger partial charge in [0.15, 0.2) is 0 Å². The van der Waals surface area contributed by atoms with Crippen molar-refractivity contribution in [3.63, 3.8) is 0 Å². The lowest BCUT2D eigenvalue weighted by molar-refractivity contribution is -0.115. The molecule has 134 valence electrons. The average molecular weight is 361 g/mol. The van der Waals surface area contributed by atoms with E-state index in [2.05, 4.69) is 10.6 Å². The van der Waals surface area contributed by atoms with Gasteiger partial charge in [-0.1, -0.05) is 17.7 Å². The zero-order valence-electron chi connectivity index (χ0n) is 15.2. The molecule has 0 atom stereocenters. The number of carbonyl (C=O) groups is 1. The van der Waals surface area contributed by atoms with Crippen LogP contribution >= 0.6 is 11.6 Å². The van der Waals surface area contributed by atoms with E-state index >= 15 is 0 Å². The van der Waals surface area contributed by atoms with Gasteiger partial charge in [0.25, 0.3) is 0 Å². The third-order valence-electron chi connectivity index (χ3n) is 3.60. The van der Waals surface area contributed by atoms with Gasteiger partial charge in [-0.3, -0.25) is 4.79 Å². The zero-order chi connectivity index (χ0) is 18.4. The van der Waals surface area contributed by atoms with Gasteiger partial charge in [-0.2, -0.15) is 0 Å². The van der Waals surface area contributed by atoms with Gasteiger partial charge in [-0.15, -0.1) is 0 Å². The molecule has 0 bridgehead atoms. The molecule has 25 heavy (non-hydrogen) atoms. The van der Waals surface area contributed by atoms with Crippen LogP contribution in [0.1, 0.15) is 31.4 Å². The van der Waals surface area contributed by atoms with E-state index in [0.29, 0.717) is 23.7 Å². The third-order valence-corrected chi connectivity index (χ3v) is 3.90. The van der Waals surface area contributed by atoms with Crippen molar-refractivity contribution in [3.8, 4) is 5.75 Å². The molecule has 0 aromatic heterocycles. The van der Waals surface area contributed by atoms with Crippen molar-refractivity contribution < 1.29 is 9.53 Å². The van der Waals surface area contributed by atoms with Gasteiger partial charge in [-0.05, 0) is 69.2 Å². The molecule has 0 unspecified atom stereocenters. The summed E-state index contributed by atoms with van der Waals surface area (Å²) >= 11 is 6.22. The van der Waals surface area contributed by atoms with Crippen LogP contribution in [0, 0.1) is 13.8 Å². The van der Waals surface area contributed by atoms with E-state index in [0.717, 1.165) is 22.6 Å². The number of hydrogen-bond donors (Lipinski definition) is 2. The Morgan fingerprint density at radius 3 is 2.44 bits per heavy atom. The maximum atomic E-state index is 12.1. The summed E-state index contributed by atoms with van der Waals surface area (Å²) < 4.78 is 5.60. The molecule has 0 aliphatic rings. The summed E-state index contributed by atoms with van der Waals surface area (Å²) in [4.78, 5) is 12.1. The van der Waals surface area contributed by atoms with Gasteiger partial charge in [0, 0.05) is 18.7 Å². The van der Waals surface area contributed by atoms with E-state index in [-0.39, 0.29) is 12.0 Å². The molecular weight excluding hydrogens is 336 g/mol. The highest BCUT2D eigenvalue weighted by molar-refractivity contribution is 6.34. The Labute approximate surface area is 154 Å². The molecule has 2 aromatic rings. The summed E-state index contributed by atoms with van der Waals surface area (Å²) in [5, 5.41) is 6.69. The molecular formula is C20H25ClN2O2. The van der Waals surface area contributed by atoms with E-state index in [4.69, 9.17) is 16.3 Å². The van der Waals surface area contributed by atoms with Crippen molar-refractivity contribution >= 4 is 28.9 Å². The summed E-state index contributed by atoms with van der Waals surface area (Å²) in [7, 11) is 0. The molecule has 0 aliphatic heterocycles. The smallest absolute Gasteiger partial charge is 0.226 e. The first kappa shape index (κ1) is 19.1. The Hall–Kier alpha value is -2.20. The number of carbonyl (C=O) groups excluding carboxylic acids is 1. The molecule has 4 nitrogen and oxygen atoms in total. The fourth-order valence-corrected chi connectivity index (χ4v) is 2.89. The first-order valence-corrected chi connectivity index (χ1v) is 8.80. The van der Waals surface area contributed by atoms with Crippen LogP contribution in [0.15, 0.2) is 36.4 Å². The van der Waals surface area contributed by atoms with Crippen LogP contribution in [-0.4, -0.2) is 18.6 Å². The van der Waals surface area contributed by atoms with Crippen molar-refractivity contribution in [2.24, 2.45) is 0 Å². The number of ether oxygens (including phenoxy) is 1. The van der Waals surface area contributed by atoms with Crippen LogP contribution in [0.5, 0.6) is 5.75 Å². The highest BCUT2D eigenvalue weighted by Gasteiger charge is 2.09. The average Bonchev–Trinajstić information content (AvgIpc) is 2.52.